The third-order valence-electron chi connectivity index (χ3n) is 6.64. The number of aromatic nitrogens is 2. The summed E-state index contributed by atoms with van der Waals surface area (Å²) in [6.45, 7) is 9.28. The number of para-hydroxylation sites is 1. The summed E-state index contributed by atoms with van der Waals surface area (Å²) in [5.74, 6) is -0.0234. The zero-order valence-corrected chi connectivity index (χ0v) is 22.1. The number of amides is 1. The molecule has 0 aliphatic heterocycles. The minimum atomic E-state index is -0.0234. The Morgan fingerprint density at radius 2 is 1.46 bits per heavy atom. The first-order valence-corrected chi connectivity index (χ1v) is 12.9. The lowest BCUT2D eigenvalue weighted by Gasteiger charge is -2.09. The summed E-state index contributed by atoms with van der Waals surface area (Å²) in [5.41, 5.74) is 4.99. The molecule has 2 aromatic heterocycles. The Morgan fingerprint density at radius 3 is 2.16 bits per heavy atom. The highest BCUT2D eigenvalue weighted by molar-refractivity contribution is 6.16. The van der Waals surface area contributed by atoms with Crippen LogP contribution >= 0.6 is 0 Å². The molecule has 0 saturated heterocycles. The molecule has 2 heterocycles. The second kappa shape index (κ2) is 13.5. The number of fused-ring (bicyclic) bond motifs is 4. The van der Waals surface area contributed by atoms with Gasteiger partial charge in [0, 0.05) is 41.2 Å². The predicted molar refractivity (Wildman–Crippen MR) is 145 cm³/mol. The maximum Gasteiger partial charge on any atom is 0.222 e. The van der Waals surface area contributed by atoms with Crippen LogP contribution in [0, 0.1) is 13.8 Å². The van der Waals surface area contributed by atoms with Crippen molar-refractivity contribution in [3.63, 3.8) is 0 Å². The number of carbonyl (C=O) groups is 1. The number of nitrogens with one attached hydrogen (secondary N) is 2. The van der Waals surface area contributed by atoms with Crippen LogP contribution in [0.3, 0.4) is 0 Å². The highest BCUT2D eigenvalue weighted by Gasteiger charge is 2.16. The maximum atomic E-state index is 11.1. The molecule has 4 rings (SSSR count). The number of hydrogen-bond acceptors (Lipinski definition) is 5. The van der Waals surface area contributed by atoms with Gasteiger partial charge in [-0.25, -0.2) is 4.57 Å². The lowest BCUT2D eigenvalue weighted by molar-refractivity contribution is -0.697. The first kappa shape index (κ1) is 27.0. The Morgan fingerprint density at radius 1 is 0.811 bits per heavy atom. The Bertz CT molecular complexity index is 1330. The fourth-order valence-corrected chi connectivity index (χ4v) is 4.61. The first-order valence-electron chi connectivity index (χ1n) is 12.9. The quantitative estimate of drug-likeness (QED) is 0.189. The molecule has 4 aromatic rings. The van der Waals surface area contributed by atoms with Crippen LogP contribution in [0.4, 0.5) is 0 Å². The van der Waals surface area contributed by atoms with Crippen molar-refractivity contribution in [1.82, 2.24) is 10.3 Å². The topological polar surface area (TPSA) is 85.7 Å². The van der Waals surface area contributed by atoms with Crippen molar-refractivity contribution < 1.29 is 28.3 Å². The normalized spacial score (nSPS) is 11.6. The molecule has 2 N–H and O–H groups in total. The first-order chi connectivity index (χ1) is 18.1. The number of ether oxygens (including phenoxy) is 4. The zero-order valence-electron chi connectivity index (χ0n) is 22.1. The van der Waals surface area contributed by atoms with Crippen LogP contribution in [-0.4, -0.2) is 70.8 Å². The molecule has 0 aliphatic rings. The van der Waals surface area contributed by atoms with Crippen molar-refractivity contribution >= 4 is 38.5 Å². The van der Waals surface area contributed by atoms with E-state index in [1.807, 2.05) is 0 Å². The van der Waals surface area contributed by atoms with Gasteiger partial charge >= 0.3 is 0 Å². The number of benzene rings is 2. The Hall–Kier alpha value is -3.04. The molecule has 0 atom stereocenters. The Labute approximate surface area is 217 Å². The fourth-order valence-electron chi connectivity index (χ4n) is 4.61. The molecule has 0 spiro atoms. The van der Waals surface area contributed by atoms with Gasteiger partial charge in [0.1, 0.15) is 6.61 Å². The van der Waals surface area contributed by atoms with Crippen molar-refractivity contribution in [2.45, 2.75) is 26.8 Å². The minimum absolute atomic E-state index is 0.0234. The van der Waals surface area contributed by atoms with Crippen LogP contribution in [0.15, 0.2) is 42.7 Å². The largest absolute Gasteiger partial charge is 0.379 e. The van der Waals surface area contributed by atoms with Gasteiger partial charge in [-0.05, 0) is 36.4 Å². The molecular weight excluding hydrogens is 470 g/mol. The number of pyridine rings is 1. The van der Waals surface area contributed by atoms with Crippen molar-refractivity contribution in [3.8, 4) is 0 Å². The molecular formula is C29H38N3O5+. The van der Waals surface area contributed by atoms with E-state index in [0.29, 0.717) is 59.3 Å². The predicted octanol–water partition coefficient (Wildman–Crippen LogP) is 3.58. The Kier molecular flexibility index (Phi) is 9.85. The van der Waals surface area contributed by atoms with Gasteiger partial charge < -0.3 is 29.2 Å². The van der Waals surface area contributed by atoms with E-state index in [1.165, 1.54) is 43.7 Å². The van der Waals surface area contributed by atoms with Gasteiger partial charge in [0.05, 0.1) is 51.8 Å². The minimum Gasteiger partial charge on any atom is -0.379 e. The number of hydrogen-bond donors (Lipinski definition) is 2. The van der Waals surface area contributed by atoms with Gasteiger partial charge in [-0.2, -0.15) is 0 Å². The monoisotopic (exact) mass is 508 g/mol. The van der Waals surface area contributed by atoms with Crippen molar-refractivity contribution in [2.75, 3.05) is 59.9 Å². The van der Waals surface area contributed by atoms with E-state index in [-0.39, 0.29) is 5.91 Å². The van der Waals surface area contributed by atoms with Crippen LogP contribution in [0.2, 0.25) is 0 Å². The summed E-state index contributed by atoms with van der Waals surface area (Å²) in [7, 11) is 1.61. The highest BCUT2D eigenvalue weighted by atomic mass is 16.6. The second-order valence-corrected chi connectivity index (χ2v) is 9.05. The molecule has 0 saturated carbocycles. The van der Waals surface area contributed by atoms with Gasteiger partial charge in [-0.3, -0.25) is 4.79 Å². The molecule has 2 aromatic carbocycles. The summed E-state index contributed by atoms with van der Waals surface area (Å²) in [6.07, 6.45) is 4.73. The SMILES string of the molecule is CNC(=O)CCOCCOCCOCCOCC[n+]1ccc2c(C)c3[nH]c4ccccc4c3c(C)c2c1. The van der Waals surface area contributed by atoms with E-state index >= 15 is 0 Å². The summed E-state index contributed by atoms with van der Waals surface area (Å²) in [5, 5.41) is 7.69. The Balaban J connectivity index is 1.16. The van der Waals surface area contributed by atoms with Crippen molar-refractivity contribution in [1.29, 1.82) is 0 Å². The average Bonchev–Trinajstić information content (AvgIpc) is 3.32. The number of H-pyrrole nitrogens is 1. The molecule has 0 aliphatic carbocycles. The summed E-state index contributed by atoms with van der Waals surface area (Å²) >= 11 is 0. The number of aromatic amines is 1. The van der Waals surface area contributed by atoms with Crippen molar-refractivity contribution in [2.24, 2.45) is 0 Å². The van der Waals surface area contributed by atoms with Crippen LogP contribution in [0.25, 0.3) is 32.6 Å². The molecule has 198 valence electrons. The van der Waals surface area contributed by atoms with E-state index in [4.69, 9.17) is 18.9 Å². The summed E-state index contributed by atoms with van der Waals surface area (Å²) < 4.78 is 24.3. The maximum absolute atomic E-state index is 11.1. The molecule has 0 unspecified atom stereocenters. The third kappa shape index (κ3) is 6.84. The molecule has 0 fully saturated rings. The highest BCUT2D eigenvalue weighted by Crippen LogP contribution is 2.35. The summed E-state index contributed by atoms with van der Waals surface area (Å²) in [4.78, 5) is 14.7. The van der Waals surface area contributed by atoms with Crippen LogP contribution in [-0.2, 0) is 30.3 Å². The lowest BCUT2D eigenvalue weighted by atomic mass is 9.97. The average molecular weight is 509 g/mol. The van der Waals surface area contributed by atoms with Gasteiger partial charge in [0.25, 0.3) is 0 Å². The standard InChI is InChI=1S/C29H37N3O5/c1-21-25-20-32(10-8-23(25)22(2)29-28(21)24-6-4-5-7-26(24)31-29)11-13-35-15-17-37-19-18-36-16-14-34-12-9-27(33)30-3/h4-8,10,20H,9,11-19H2,1-3H3,(H,30,33)/p+1. The number of rotatable bonds is 15. The molecule has 8 nitrogen and oxygen atoms in total. The van der Waals surface area contributed by atoms with Gasteiger partial charge in [0.15, 0.2) is 18.9 Å². The second-order valence-electron chi connectivity index (χ2n) is 9.05. The molecule has 0 bridgehead atoms. The fraction of sp³-hybridized carbons (Fsp3) is 0.448. The van der Waals surface area contributed by atoms with E-state index in [1.54, 1.807) is 7.05 Å². The van der Waals surface area contributed by atoms with Crippen LogP contribution in [0.1, 0.15) is 17.5 Å². The number of aryl methyl sites for hydroxylation is 2. The van der Waals surface area contributed by atoms with Gasteiger partial charge in [-0.1, -0.05) is 18.2 Å². The molecule has 37 heavy (non-hydrogen) atoms. The van der Waals surface area contributed by atoms with E-state index in [0.717, 1.165) is 6.54 Å². The van der Waals surface area contributed by atoms with Gasteiger partial charge in [0.2, 0.25) is 5.91 Å². The van der Waals surface area contributed by atoms with E-state index < -0.39 is 0 Å². The van der Waals surface area contributed by atoms with Crippen molar-refractivity contribution in [3.05, 3.63) is 53.9 Å². The number of carbonyl (C=O) groups excluding carboxylic acids is 1. The van der Waals surface area contributed by atoms with E-state index in [2.05, 4.69) is 71.4 Å². The van der Waals surface area contributed by atoms with E-state index in [9.17, 15) is 4.79 Å². The molecule has 1 amide bonds. The summed E-state index contributed by atoms with van der Waals surface area (Å²) in [6, 6.07) is 10.7. The van der Waals surface area contributed by atoms with Crippen LogP contribution in [0.5, 0.6) is 0 Å². The zero-order chi connectivity index (χ0) is 26.0. The smallest absolute Gasteiger partial charge is 0.222 e. The molecule has 8 heteroatoms. The lowest BCUT2D eigenvalue weighted by Crippen LogP contribution is -2.35. The number of nitrogens with zero attached hydrogens (tertiary/aromatic N) is 1. The van der Waals surface area contributed by atoms with Crippen LogP contribution < -0.4 is 9.88 Å². The molecule has 0 radical (unpaired) electrons. The third-order valence-corrected chi connectivity index (χ3v) is 6.64. The van der Waals surface area contributed by atoms with Gasteiger partial charge in [-0.15, -0.1) is 0 Å².